The van der Waals surface area contributed by atoms with E-state index in [1.54, 1.807) is 12.3 Å². The largest absolute Gasteiger partial charge is 0.447 e. The van der Waals surface area contributed by atoms with Crippen molar-refractivity contribution in [2.75, 3.05) is 0 Å². The van der Waals surface area contributed by atoms with Gasteiger partial charge in [0.2, 0.25) is 0 Å². The SMILES string of the molecule is O=C(Cl)OCc1ccc[nH]1. The lowest BCUT2D eigenvalue weighted by molar-refractivity contribution is 0.166. The third kappa shape index (κ3) is 2.11. The molecule has 1 N–H and O–H groups in total. The second-order valence-electron chi connectivity index (χ2n) is 1.72. The number of rotatable bonds is 2. The summed E-state index contributed by atoms with van der Waals surface area (Å²) in [4.78, 5) is 12.9. The van der Waals surface area contributed by atoms with E-state index in [0.717, 1.165) is 5.69 Å². The summed E-state index contributed by atoms with van der Waals surface area (Å²) in [5, 5.41) is 0. The quantitative estimate of drug-likeness (QED) is 0.670. The van der Waals surface area contributed by atoms with E-state index in [2.05, 4.69) is 9.72 Å². The third-order valence-electron chi connectivity index (χ3n) is 1.00. The van der Waals surface area contributed by atoms with Crippen LogP contribution in [0.5, 0.6) is 0 Å². The molecule has 0 saturated carbocycles. The molecule has 3 nitrogen and oxygen atoms in total. The van der Waals surface area contributed by atoms with Crippen molar-refractivity contribution in [1.29, 1.82) is 0 Å². The Bertz CT molecular complexity index is 208. The molecule has 0 spiro atoms. The Labute approximate surface area is 62.9 Å². The molecular weight excluding hydrogens is 154 g/mol. The van der Waals surface area contributed by atoms with Crippen molar-refractivity contribution in [2.45, 2.75) is 6.61 Å². The Hall–Kier alpha value is -0.960. The number of nitrogens with one attached hydrogen (secondary N) is 1. The minimum atomic E-state index is -0.783. The fraction of sp³-hybridized carbons (Fsp3) is 0.167. The van der Waals surface area contributed by atoms with Crippen molar-refractivity contribution >= 4 is 17.0 Å². The molecule has 0 aromatic carbocycles. The van der Waals surface area contributed by atoms with Crippen LogP contribution in [0.3, 0.4) is 0 Å². The van der Waals surface area contributed by atoms with Crippen molar-refractivity contribution in [3.8, 4) is 0 Å². The van der Waals surface area contributed by atoms with Gasteiger partial charge >= 0.3 is 5.43 Å². The summed E-state index contributed by atoms with van der Waals surface area (Å²) in [6, 6.07) is 3.62. The van der Waals surface area contributed by atoms with Crippen LogP contribution in [0.25, 0.3) is 0 Å². The lowest BCUT2D eigenvalue weighted by atomic mass is 10.5. The van der Waals surface area contributed by atoms with E-state index < -0.39 is 5.43 Å². The minimum absolute atomic E-state index is 0.204. The lowest BCUT2D eigenvalue weighted by Gasteiger charge is -1.95. The fourth-order valence-electron chi connectivity index (χ4n) is 0.592. The highest BCUT2D eigenvalue weighted by atomic mass is 35.5. The zero-order chi connectivity index (χ0) is 7.40. The van der Waals surface area contributed by atoms with Crippen LogP contribution in [-0.2, 0) is 11.3 Å². The van der Waals surface area contributed by atoms with Gasteiger partial charge in [-0.05, 0) is 12.1 Å². The maximum atomic E-state index is 10.1. The lowest BCUT2D eigenvalue weighted by Crippen LogP contribution is -1.94. The smallest absolute Gasteiger partial charge is 0.404 e. The Morgan fingerprint density at radius 2 is 2.60 bits per heavy atom. The fourth-order valence-corrected chi connectivity index (χ4v) is 0.646. The summed E-state index contributed by atoms with van der Waals surface area (Å²) in [7, 11) is 0. The topological polar surface area (TPSA) is 42.1 Å². The van der Waals surface area contributed by atoms with Crippen LogP contribution in [0.4, 0.5) is 4.79 Å². The van der Waals surface area contributed by atoms with Gasteiger partial charge in [0, 0.05) is 17.8 Å². The third-order valence-corrected chi connectivity index (χ3v) is 1.11. The van der Waals surface area contributed by atoms with E-state index in [0.29, 0.717) is 0 Å². The highest BCUT2D eigenvalue weighted by Gasteiger charge is 1.96. The number of ether oxygens (including phenoxy) is 1. The molecule has 1 aromatic rings. The maximum Gasteiger partial charge on any atom is 0.404 e. The molecule has 0 aliphatic heterocycles. The second-order valence-corrected chi connectivity index (χ2v) is 2.03. The molecule has 0 atom stereocenters. The number of halogens is 1. The summed E-state index contributed by atoms with van der Waals surface area (Å²) in [6.07, 6.45) is 1.75. The first-order chi connectivity index (χ1) is 4.79. The Balaban J connectivity index is 2.35. The predicted molar refractivity (Wildman–Crippen MR) is 36.8 cm³/mol. The zero-order valence-electron chi connectivity index (χ0n) is 5.13. The number of hydrogen-bond donors (Lipinski definition) is 1. The maximum absolute atomic E-state index is 10.1. The van der Waals surface area contributed by atoms with Crippen LogP contribution in [0, 0.1) is 0 Å². The van der Waals surface area contributed by atoms with E-state index in [1.165, 1.54) is 0 Å². The molecule has 4 heteroatoms. The predicted octanol–water partition coefficient (Wildman–Crippen LogP) is 1.89. The number of carbonyl (C=O) groups is 1. The summed E-state index contributed by atoms with van der Waals surface area (Å²) >= 11 is 4.92. The summed E-state index contributed by atoms with van der Waals surface area (Å²) in [5.74, 6) is 0. The molecule has 0 aliphatic carbocycles. The first-order valence-electron chi connectivity index (χ1n) is 2.73. The van der Waals surface area contributed by atoms with Crippen LogP contribution in [0.2, 0.25) is 0 Å². The van der Waals surface area contributed by atoms with Crippen molar-refractivity contribution in [2.24, 2.45) is 0 Å². The summed E-state index contributed by atoms with van der Waals surface area (Å²) < 4.78 is 4.48. The van der Waals surface area contributed by atoms with Gasteiger partial charge in [-0.25, -0.2) is 4.79 Å². The first kappa shape index (κ1) is 7.15. The van der Waals surface area contributed by atoms with Gasteiger partial charge in [-0.15, -0.1) is 0 Å². The molecule has 0 amide bonds. The molecule has 0 unspecified atom stereocenters. The van der Waals surface area contributed by atoms with E-state index in [9.17, 15) is 4.79 Å². The molecule has 0 radical (unpaired) electrons. The van der Waals surface area contributed by atoms with Crippen molar-refractivity contribution in [3.05, 3.63) is 24.0 Å². The van der Waals surface area contributed by atoms with Crippen LogP contribution >= 0.6 is 11.6 Å². The van der Waals surface area contributed by atoms with E-state index >= 15 is 0 Å². The van der Waals surface area contributed by atoms with E-state index in [1.807, 2.05) is 6.07 Å². The molecule has 0 aliphatic rings. The van der Waals surface area contributed by atoms with Crippen LogP contribution < -0.4 is 0 Å². The molecule has 0 saturated heterocycles. The van der Waals surface area contributed by atoms with Gasteiger partial charge in [-0.3, -0.25) is 0 Å². The molecule has 0 fully saturated rings. The van der Waals surface area contributed by atoms with Gasteiger partial charge in [0.1, 0.15) is 6.61 Å². The molecule has 0 bridgehead atoms. The molecule has 1 rings (SSSR count). The highest BCUT2D eigenvalue weighted by Crippen LogP contribution is 1.98. The Morgan fingerprint density at radius 3 is 3.10 bits per heavy atom. The summed E-state index contributed by atoms with van der Waals surface area (Å²) in [6.45, 7) is 0.204. The van der Waals surface area contributed by atoms with E-state index in [4.69, 9.17) is 11.6 Å². The van der Waals surface area contributed by atoms with Crippen molar-refractivity contribution in [3.63, 3.8) is 0 Å². The number of hydrogen-bond acceptors (Lipinski definition) is 2. The van der Waals surface area contributed by atoms with Gasteiger partial charge in [-0.2, -0.15) is 0 Å². The van der Waals surface area contributed by atoms with Crippen LogP contribution in [-0.4, -0.2) is 10.4 Å². The van der Waals surface area contributed by atoms with Crippen LogP contribution in [0.1, 0.15) is 5.69 Å². The monoisotopic (exact) mass is 159 g/mol. The standard InChI is InChI=1S/C6H6ClNO2/c7-6(9)10-4-5-2-1-3-8-5/h1-3,8H,4H2. The minimum Gasteiger partial charge on any atom is -0.447 e. The molecule has 10 heavy (non-hydrogen) atoms. The average Bonchev–Trinajstić information content (AvgIpc) is 2.34. The average molecular weight is 160 g/mol. The van der Waals surface area contributed by atoms with Gasteiger partial charge in [0.05, 0.1) is 5.69 Å². The highest BCUT2D eigenvalue weighted by molar-refractivity contribution is 6.61. The van der Waals surface area contributed by atoms with Gasteiger partial charge < -0.3 is 9.72 Å². The van der Waals surface area contributed by atoms with Crippen molar-refractivity contribution in [1.82, 2.24) is 4.98 Å². The Kier molecular flexibility index (Phi) is 2.34. The molecule has 1 aromatic heterocycles. The van der Waals surface area contributed by atoms with E-state index in [-0.39, 0.29) is 6.61 Å². The number of aromatic nitrogens is 1. The second kappa shape index (κ2) is 3.27. The first-order valence-corrected chi connectivity index (χ1v) is 3.11. The van der Waals surface area contributed by atoms with Gasteiger partial charge in [0.15, 0.2) is 0 Å². The summed E-state index contributed by atoms with van der Waals surface area (Å²) in [5.41, 5.74) is 0.0450. The normalized spacial score (nSPS) is 9.30. The number of carbonyl (C=O) groups excluding carboxylic acids is 1. The molecular formula is C6H6ClNO2. The molecule has 54 valence electrons. The number of H-pyrrole nitrogens is 1. The Morgan fingerprint density at radius 1 is 1.80 bits per heavy atom. The number of aromatic amines is 1. The van der Waals surface area contributed by atoms with Crippen molar-refractivity contribution < 1.29 is 9.53 Å². The zero-order valence-corrected chi connectivity index (χ0v) is 5.89. The van der Waals surface area contributed by atoms with Gasteiger partial charge in [0.25, 0.3) is 0 Å². The van der Waals surface area contributed by atoms with Gasteiger partial charge in [-0.1, -0.05) is 0 Å². The molecule has 1 heterocycles. The van der Waals surface area contributed by atoms with Crippen LogP contribution in [0.15, 0.2) is 18.3 Å².